The molecule has 0 fully saturated rings. The summed E-state index contributed by atoms with van der Waals surface area (Å²) in [5.74, 6) is 0.962. The lowest BCUT2D eigenvalue weighted by molar-refractivity contribution is 0.612. The number of nitrogens with zero attached hydrogens (tertiary/aromatic N) is 2. The second kappa shape index (κ2) is 7.17. The van der Waals surface area contributed by atoms with E-state index in [0.29, 0.717) is 17.8 Å². The zero-order chi connectivity index (χ0) is 14.5. The van der Waals surface area contributed by atoms with Crippen LogP contribution in [0.1, 0.15) is 24.7 Å². The summed E-state index contributed by atoms with van der Waals surface area (Å²) in [6, 6.07) is 4.95. The molecule has 3 nitrogen and oxygen atoms in total. The first-order valence-corrected chi connectivity index (χ1v) is 7.75. The van der Waals surface area contributed by atoms with Crippen LogP contribution in [-0.4, -0.2) is 16.5 Å². The monoisotopic (exact) mass is 405 g/mol. The Bertz CT molecular complexity index is 607. The van der Waals surface area contributed by atoms with Crippen LogP contribution in [0.3, 0.4) is 0 Å². The molecule has 1 aromatic heterocycles. The number of nitrogens with one attached hydrogen (secondary N) is 1. The zero-order valence-electron chi connectivity index (χ0n) is 11.0. The lowest BCUT2D eigenvalue weighted by Crippen LogP contribution is -2.08. The molecule has 0 atom stereocenters. The van der Waals surface area contributed by atoms with Gasteiger partial charge < -0.3 is 5.32 Å². The van der Waals surface area contributed by atoms with Crippen molar-refractivity contribution in [1.82, 2.24) is 9.97 Å². The molecule has 0 radical (unpaired) electrons. The Morgan fingerprint density at radius 3 is 2.95 bits per heavy atom. The molecule has 0 aliphatic rings. The molecule has 0 aliphatic carbocycles. The molecule has 0 saturated carbocycles. The molecule has 1 heterocycles. The largest absolute Gasteiger partial charge is 0.369 e. The Labute approximate surface area is 136 Å². The van der Waals surface area contributed by atoms with Crippen molar-refractivity contribution in [3.63, 3.8) is 0 Å². The van der Waals surface area contributed by atoms with Crippen molar-refractivity contribution >= 4 is 40.0 Å². The third-order valence-electron chi connectivity index (χ3n) is 2.72. The first-order valence-electron chi connectivity index (χ1n) is 6.30. The Hall–Kier alpha value is -0.950. The SMILES string of the molecule is CCCNc1nc(Cc2cccc(Cl)c2F)ncc1I. The van der Waals surface area contributed by atoms with Crippen LogP contribution in [0.25, 0.3) is 0 Å². The number of hydrogen-bond acceptors (Lipinski definition) is 3. The Morgan fingerprint density at radius 1 is 1.40 bits per heavy atom. The molecule has 0 saturated heterocycles. The van der Waals surface area contributed by atoms with E-state index in [9.17, 15) is 4.39 Å². The predicted octanol–water partition coefficient (Wildman–Crippen LogP) is 4.29. The Morgan fingerprint density at radius 2 is 2.20 bits per heavy atom. The van der Waals surface area contributed by atoms with E-state index in [2.05, 4.69) is 44.8 Å². The van der Waals surface area contributed by atoms with Gasteiger partial charge in [0.15, 0.2) is 0 Å². The predicted molar refractivity (Wildman–Crippen MR) is 87.7 cm³/mol. The summed E-state index contributed by atoms with van der Waals surface area (Å²) in [6.07, 6.45) is 3.08. The lowest BCUT2D eigenvalue weighted by Gasteiger charge is -2.09. The maximum atomic E-state index is 13.9. The summed E-state index contributed by atoms with van der Waals surface area (Å²) in [5.41, 5.74) is 0.500. The van der Waals surface area contributed by atoms with Gasteiger partial charge in [0.05, 0.1) is 8.59 Å². The van der Waals surface area contributed by atoms with E-state index in [1.807, 2.05) is 0 Å². The smallest absolute Gasteiger partial charge is 0.145 e. The molecule has 6 heteroatoms. The van der Waals surface area contributed by atoms with Crippen LogP contribution in [-0.2, 0) is 6.42 Å². The van der Waals surface area contributed by atoms with Crippen molar-refractivity contribution in [1.29, 1.82) is 0 Å². The van der Waals surface area contributed by atoms with E-state index in [4.69, 9.17) is 11.6 Å². The third kappa shape index (κ3) is 3.79. The first kappa shape index (κ1) is 15.4. The lowest BCUT2D eigenvalue weighted by atomic mass is 10.1. The van der Waals surface area contributed by atoms with Crippen molar-refractivity contribution in [2.75, 3.05) is 11.9 Å². The molecule has 0 unspecified atom stereocenters. The summed E-state index contributed by atoms with van der Waals surface area (Å²) < 4.78 is 14.8. The molecule has 0 spiro atoms. The fraction of sp³-hybridized carbons (Fsp3) is 0.286. The van der Waals surface area contributed by atoms with Gasteiger partial charge in [-0.3, -0.25) is 0 Å². The second-order valence-electron chi connectivity index (χ2n) is 4.30. The van der Waals surface area contributed by atoms with Crippen molar-refractivity contribution < 1.29 is 4.39 Å². The third-order valence-corrected chi connectivity index (χ3v) is 3.80. The molecular weight excluding hydrogens is 392 g/mol. The van der Waals surface area contributed by atoms with Crippen molar-refractivity contribution in [3.8, 4) is 0 Å². The van der Waals surface area contributed by atoms with E-state index < -0.39 is 5.82 Å². The molecule has 0 aliphatic heterocycles. The molecule has 0 bridgehead atoms. The van der Waals surface area contributed by atoms with Gasteiger partial charge in [-0.15, -0.1) is 0 Å². The van der Waals surface area contributed by atoms with Gasteiger partial charge in [-0.05, 0) is 40.6 Å². The van der Waals surface area contributed by atoms with E-state index in [-0.39, 0.29) is 5.02 Å². The summed E-state index contributed by atoms with van der Waals surface area (Å²) in [4.78, 5) is 8.68. The van der Waals surface area contributed by atoms with E-state index in [0.717, 1.165) is 22.4 Å². The number of anilines is 1. The van der Waals surface area contributed by atoms with Crippen molar-refractivity contribution in [2.24, 2.45) is 0 Å². The summed E-state index contributed by atoms with van der Waals surface area (Å²) in [5, 5.41) is 3.36. The van der Waals surface area contributed by atoms with E-state index in [1.54, 1.807) is 18.3 Å². The van der Waals surface area contributed by atoms with E-state index in [1.165, 1.54) is 6.07 Å². The fourth-order valence-electron chi connectivity index (χ4n) is 1.71. The van der Waals surface area contributed by atoms with Gasteiger partial charge in [-0.25, -0.2) is 14.4 Å². The van der Waals surface area contributed by atoms with Crippen molar-refractivity contribution in [2.45, 2.75) is 19.8 Å². The summed E-state index contributed by atoms with van der Waals surface area (Å²) >= 11 is 7.95. The Kier molecular flexibility index (Phi) is 5.54. The molecular formula is C14H14ClFIN3. The highest BCUT2D eigenvalue weighted by Crippen LogP contribution is 2.21. The molecule has 1 N–H and O–H groups in total. The second-order valence-corrected chi connectivity index (χ2v) is 5.87. The van der Waals surface area contributed by atoms with Crippen LogP contribution in [0.15, 0.2) is 24.4 Å². The normalized spacial score (nSPS) is 10.6. The van der Waals surface area contributed by atoms with Crippen LogP contribution in [0.2, 0.25) is 5.02 Å². The van der Waals surface area contributed by atoms with Crippen LogP contribution in [0.4, 0.5) is 10.2 Å². The summed E-state index contributed by atoms with van der Waals surface area (Å²) in [6.45, 7) is 2.93. The zero-order valence-corrected chi connectivity index (χ0v) is 13.9. The average Bonchev–Trinajstić information content (AvgIpc) is 2.44. The highest BCUT2D eigenvalue weighted by Gasteiger charge is 2.10. The summed E-state index contributed by atoms with van der Waals surface area (Å²) in [7, 11) is 0. The highest BCUT2D eigenvalue weighted by molar-refractivity contribution is 14.1. The maximum Gasteiger partial charge on any atom is 0.145 e. The van der Waals surface area contributed by atoms with Gasteiger partial charge in [0.2, 0.25) is 0 Å². The minimum atomic E-state index is -0.403. The molecule has 106 valence electrons. The topological polar surface area (TPSA) is 37.8 Å². The van der Waals surface area contributed by atoms with E-state index >= 15 is 0 Å². The maximum absolute atomic E-state index is 13.9. The van der Waals surface area contributed by atoms with Crippen molar-refractivity contribution in [3.05, 3.63) is 50.2 Å². The van der Waals surface area contributed by atoms with Gasteiger partial charge in [0.25, 0.3) is 0 Å². The van der Waals surface area contributed by atoms with Gasteiger partial charge in [-0.1, -0.05) is 30.7 Å². The molecule has 2 aromatic rings. The number of hydrogen-bond donors (Lipinski definition) is 1. The van der Waals surface area contributed by atoms with Crippen LogP contribution >= 0.6 is 34.2 Å². The minimum absolute atomic E-state index is 0.123. The molecule has 20 heavy (non-hydrogen) atoms. The van der Waals surface area contributed by atoms with Gasteiger partial charge in [0, 0.05) is 19.2 Å². The Balaban J connectivity index is 2.23. The fourth-order valence-corrected chi connectivity index (χ4v) is 2.36. The molecule has 2 rings (SSSR count). The molecule has 1 aromatic carbocycles. The van der Waals surface area contributed by atoms with Crippen LogP contribution in [0.5, 0.6) is 0 Å². The molecule has 0 amide bonds. The number of rotatable bonds is 5. The van der Waals surface area contributed by atoms with Gasteiger partial charge in [-0.2, -0.15) is 0 Å². The quantitative estimate of drug-likeness (QED) is 0.754. The number of aromatic nitrogens is 2. The highest BCUT2D eigenvalue weighted by atomic mass is 127. The van der Waals surface area contributed by atoms with Crippen LogP contribution in [0, 0.1) is 9.39 Å². The van der Waals surface area contributed by atoms with Gasteiger partial charge in [0.1, 0.15) is 17.5 Å². The number of halogens is 3. The van der Waals surface area contributed by atoms with Gasteiger partial charge >= 0.3 is 0 Å². The standard InChI is InChI=1S/C14H14ClFIN3/c1-2-6-18-14-11(17)8-19-12(20-14)7-9-4-3-5-10(15)13(9)16/h3-5,8H,2,6-7H2,1H3,(H,18,19,20). The first-order chi connectivity index (χ1) is 9.61. The van der Waals surface area contributed by atoms with Crippen LogP contribution < -0.4 is 5.32 Å². The number of benzene rings is 1. The minimum Gasteiger partial charge on any atom is -0.369 e. The average molecular weight is 406 g/mol.